The summed E-state index contributed by atoms with van der Waals surface area (Å²) in [6.07, 6.45) is 0.275. The minimum Gasteiger partial charge on any atom is -0.457 e. The van der Waals surface area contributed by atoms with E-state index in [1.54, 1.807) is 18.2 Å². The van der Waals surface area contributed by atoms with Crippen LogP contribution in [0.1, 0.15) is 16.7 Å². The van der Waals surface area contributed by atoms with Crippen LogP contribution in [-0.4, -0.2) is 24.3 Å². The Morgan fingerprint density at radius 3 is 2.05 bits per heavy atom. The zero-order chi connectivity index (χ0) is 25.9. The Bertz CT molecular complexity index is 1290. The number of hydrogen-bond donors (Lipinski definition) is 1. The van der Waals surface area contributed by atoms with Gasteiger partial charge in [-0.25, -0.2) is 0 Å². The summed E-state index contributed by atoms with van der Waals surface area (Å²) in [5.74, 6) is 1.02. The van der Waals surface area contributed by atoms with E-state index in [0.717, 1.165) is 22.4 Å². The molecule has 0 aliphatic carbocycles. The second kappa shape index (κ2) is 13.4. The van der Waals surface area contributed by atoms with Crippen molar-refractivity contribution in [2.24, 2.45) is 0 Å². The van der Waals surface area contributed by atoms with E-state index >= 15 is 0 Å². The third-order valence-corrected chi connectivity index (χ3v) is 5.89. The lowest BCUT2D eigenvalue weighted by Gasteiger charge is -2.18. The molecule has 0 aliphatic rings. The van der Waals surface area contributed by atoms with Gasteiger partial charge in [0, 0.05) is 11.4 Å². The fourth-order valence-corrected chi connectivity index (χ4v) is 4.00. The van der Waals surface area contributed by atoms with E-state index in [0.29, 0.717) is 17.4 Å². The number of para-hydroxylation sites is 1. The van der Waals surface area contributed by atoms with E-state index in [4.69, 9.17) is 21.1 Å². The van der Waals surface area contributed by atoms with Gasteiger partial charge in [-0.05, 0) is 53.1 Å². The quantitative estimate of drug-likeness (QED) is 0.245. The van der Waals surface area contributed by atoms with Crippen LogP contribution in [0.25, 0.3) is 0 Å². The molecule has 0 aliphatic heterocycles. The second-order valence-electron chi connectivity index (χ2n) is 8.63. The Labute approximate surface area is 222 Å². The van der Waals surface area contributed by atoms with E-state index in [9.17, 15) is 9.59 Å². The molecule has 0 heterocycles. The summed E-state index contributed by atoms with van der Waals surface area (Å²) in [6.45, 7) is 0.421. The van der Waals surface area contributed by atoms with Gasteiger partial charge in [0.25, 0.3) is 0 Å². The normalized spacial score (nSPS) is 11.5. The lowest BCUT2D eigenvalue weighted by atomic mass is 10.0. The number of halogens is 1. The van der Waals surface area contributed by atoms with Crippen molar-refractivity contribution in [2.45, 2.75) is 25.5 Å². The Kier molecular flexibility index (Phi) is 9.47. The van der Waals surface area contributed by atoms with E-state index in [1.807, 2.05) is 91.0 Å². The van der Waals surface area contributed by atoms with Crippen molar-refractivity contribution in [1.82, 2.24) is 5.32 Å². The first-order valence-corrected chi connectivity index (χ1v) is 12.4. The van der Waals surface area contributed by atoms with Crippen molar-refractivity contribution < 1.29 is 19.1 Å². The molecule has 1 amide bonds. The number of nitrogens with one attached hydrogen (secondary N) is 1. The molecular weight excluding hydrogens is 486 g/mol. The number of benzene rings is 4. The molecule has 0 bridgehead atoms. The number of hydrogen-bond acceptors (Lipinski definition) is 4. The molecule has 4 aromatic carbocycles. The van der Waals surface area contributed by atoms with Crippen LogP contribution in [0.5, 0.6) is 11.5 Å². The summed E-state index contributed by atoms with van der Waals surface area (Å²) >= 11 is 6.04. The number of ketones is 1. The summed E-state index contributed by atoms with van der Waals surface area (Å²) in [4.78, 5) is 26.0. The third kappa shape index (κ3) is 8.60. The third-order valence-electron chi connectivity index (χ3n) is 5.65. The number of rotatable bonds is 12. The highest BCUT2D eigenvalue weighted by Gasteiger charge is 2.22. The van der Waals surface area contributed by atoms with Gasteiger partial charge < -0.3 is 14.8 Å². The van der Waals surface area contributed by atoms with Gasteiger partial charge in [0.2, 0.25) is 5.91 Å². The fourth-order valence-electron chi connectivity index (χ4n) is 3.79. The van der Waals surface area contributed by atoms with Crippen LogP contribution in [0.2, 0.25) is 5.02 Å². The van der Waals surface area contributed by atoms with E-state index in [2.05, 4.69) is 5.32 Å². The Morgan fingerprint density at radius 1 is 0.703 bits per heavy atom. The molecule has 0 saturated carbocycles. The molecule has 188 valence electrons. The van der Waals surface area contributed by atoms with Gasteiger partial charge in [-0.2, -0.15) is 0 Å². The van der Waals surface area contributed by atoms with E-state index < -0.39 is 6.04 Å². The predicted octanol–water partition coefficient (Wildman–Crippen LogP) is 6.19. The minimum absolute atomic E-state index is 0.0736. The molecule has 1 atom stereocenters. The Morgan fingerprint density at radius 2 is 1.35 bits per heavy atom. The van der Waals surface area contributed by atoms with Gasteiger partial charge in [-0.1, -0.05) is 84.4 Å². The van der Waals surface area contributed by atoms with Gasteiger partial charge in [-0.15, -0.1) is 0 Å². The zero-order valence-electron chi connectivity index (χ0n) is 20.3. The van der Waals surface area contributed by atoms with Gasteiger partial charge >= 0.3 is 0 Å². The molecule has 1 N–H and O–H groups in total. The molecule has 0 radical (unpaired) electrons. The van der Waals surface area contributed by atoms with Crippen molar-refractivity contribution in [3.8, 4) is 11.5 Å². The van der Waals surface area contributed by atoms with Crippen LogP contribution in [-0.2, 0) is 33.8 Å². The van der Waals surface area contributed by atoms with Crippen LogP contribution in [0.3, 0.4) is 0 Å². The number of amides is 1. The van der Waals surface area contributed by atoms with Crippen LogP contribution in [0.4, 0.5) is 0 Å². The number of carbonyl (C=O) groups excluding carboxylic acids is 2. The molecule has 5 nitrogen and oxygen atoms in total. The van der Waals surface area contributed by atoms with Crippen LogP contribution < -0.4 is 10.1 Å². The highest BCUT2D eigenvalue weighted by Crippen LogP contribution is 2.21. The molecule has 4 aromatic rings. The first kappa shape index (κ1) is 26.1. The average Bonchev–Trinajstić information content (AvgIpc) is 2.90. The molecule has 0 fully saturated rings. The van der Waals surface area contributed by atoms with Crippen molar-refractivity contribution in [3.63, 3.8) is 0 Å². The largest absolute Gasteiger partial charge is 0.457 e. The maximum atomic E-state index is 13.2. The Balaban J connectivity index is 1.38. The second-order valence-corrected chi connectivity index (χ2v) is 9.07. The topological polar surface area (TPSA) is 64.6 Å². The van der Waals surface area contributed by atoms with Crippen molar-refractivity contribution in [3.05, 3.63) is 131 Å². The highest BCUT2D eigenvalue weighted by atomic mass is 35.5. The summed E-state index contributed by atoms with van der Waals surface area (Å²) in [6, 6.07) is 32.9. The predicted molar refractivity (Wildman–Crippen MR) is 145 cm³/mol. The number of Topliss-reactive ketones (excluding diaryl/α,β-unsaturated/α-hetero) is 1. The molecule has 0 aromatic heterocycles. The first-order chi connectivity index (χ1) is 18.0. The summed E-state index contributed by atoms with van der Waals surface area (Å²) in [7, 11) is 0. The summed E-state index contributed by atoms with van der Waals surface area (Å²) in [5.41, 5.74) is 2.59. The number of carbonyl (C=O) groups is 2. The Hall–Kier alpha value is -3.93. The highest BCUT2D eigenvalue weighted by molar-refractivity contribution is 6.30. The number of ether oxygens (including phenoxy) is 2. The molecule has 37 heavy (non-hydrogen) atoms. The molecule has 6 heteroatoms. The lowest BCUT2D eigenvalue weighted by molar-refractivity contribution is -0.128. The molecule has 0 spiro atoms. The van der Waals surface area contributed by atoms with Gasteiger partial charge in [0.15, 0.2) is 5.78 Å². The molecular formula is C31H28ClNO4. The molecule has 0 saturated heterocycles. The SMILES string of the molecule is O=C(Cc1cccc(Cl)c1)NC(COCc1ccccc1)C(=O)Cc1ccc(Oc2ccccc2)cc1. The average molecular weight is 514 g/mol. The van der Waals surface area contributed by atoms with Gasteiger partial charge in [0.05, 0.1) is 19.6 Å². The minimum atomic E-state index is -0.782. The van der Waals surface area contributed by atoms with Crippen LogP contribution in [0, 0.1) is 0 Å². The summed E-state index contributed by atoms with van der Waals surface area (Å²) < 4.78 is 11.6. The zero-order valence-corrected chi connectivity index (χ0v) is 21.1. The molecule has 1 unspecified atom stereocenters. The molecule has 4 rings (SSSR count). The van der Waals surface area contributed by atoms with Gasteiger partial charge in [0.1, 0.15) is 17.5 Å². The van der Waals surface area contributed by atoms with E-state index in [1.165, 1.54) is 0 Å². The maximum Gasteiger partial charge on any atom is 0.225 e. The monoisotopic (exact) mass is 513 g/mol. The summed E-state index contributed by atoms with van der Waals surface area (Å²) in [5, 5.41) is 3.41. The fraction of sp³-hybridized carbons (Fsp3) is 0.161. The van der Waals surface area contributed by atoms with Crippen molar-refractivity contribution in [2.75, 3.05) is 6.61 Å². The standard InChI is InChI=1S/C31H28ClNO4/c32-26-11-7-10-25(18-26)20-31(35)33-29(22-36-21-24-8-3-1-4-9-24)30(34)19-23-14-16-28(17-15-23)37-27-12-5-2-6-13-27/h1-18,29H,19-22H2,(H,33,35). The van der Waals surface area contributed by atoms with Crippen LogP contribution in [0.15, 0.2) is 109 Å². The smallest absolute Gasteiger partial charge is 0.225 e. The maximum absolute atomic E-state index is 13.2. The van der Waals surface area contributed by atoms with E-state index in [-0.39, 0.29) is 31.1 Å². The lowest BCUT2D eigenvalue weighted by Crippen LogP contribution is -2.45. The van der Waals surface area contributed by atoms with Crippen molar-refractivity contribution in [1.29, 1.82) is 0 Å². The van der Waals surface area contributed by atoms with Gasteiger partial charge in [-0.3, -0.25) is 9.59 Å². The van der Waals surface area contributed by atoms with Crippen molar-refractivity contribution >= 4 is 23.3 Å². The first-order valence-electron chi connectivity index (χ1n) is 12.1. The van der Waals surface area contributed by atoms with Crippen LogP contribution >= 0.6 is 11.6 Å².